The number of carbonyl (C=O) groups is 2. The highest BCUT2D eigenvalue weighted by molar-refractivity contribution is 6.02. The highest BCUT2D eigenvalue weighted by Gasteiger charge is 2.48. The lowest BCUT2D eigenvalue weighted by molar-refractivity contribution is -0.135. The van der Waals surface area contributed by atoms with Gasteiger partial charge in [-0.1, -0.05) is 36.4 Å². The Balaban J connectivity index is 1.39. The van der Waals surface area contributed by atoms with Gasteiger partial charge in [0.05, 0.1) is 31.9 Å². The van der Waals surface area contributed by atoms with Gasteiger partial charge < -0.3 is 24.2 Å². The predicted molar refractivity (Wildman–Crippen MR) is 141 cm³/mol. The van der Waals surface area contributed by atoms with Crippen LogP contribution in [0.5, 0.6) is 11.5 Å². The van der Waals surface area contributed by atoms with Gasteiger partial charge in [-0.15, -0.1) is 0 Å². The first-order valence-corrected chi connectivity index (χ1v) is 12.9. The summed E-state index contributed by atoms with van der Waals surface area (Å²) in [4.78, 5) is 33.8. The van der Waals surface area contributed by atoms with E-state index in [9.17, 15) is 14.0 Å². The van der Waals surface area contributed by atoms with Crippen molar-refractivity contribution in [1.29, 1.82) is 0 Å². The van der Waals surface area contributed by atoms with Crippen LogP contribution in [0.25, 0.3) is 0 Å². The molecule has 7 nitrogen and oxygen atoms in total. The molecule has 1 saturated heterocycles. The molecule has 196 valence electrons. The third-order valence-electron chi connectivity index (χ3n) is 8.08. The Labute approximate surface area is 221 Å². The monoisotopic (exact) mass is 515 g/mol. The van der Waals surface area contributed by atoms with Crippen LogP contribution in [-0.4, -0.2) is 68.6 Å². The minimum atomic E-state index is -0.594. The summed E-state index contributed by atoms with van der Waals surface area (Å²) < 4.78 is 25.5. The maximum absolute atomic E-state index is 14.4. The Morgan fingerprint density at radius 2 is 1.55 bits per heavy atom. The number of amides is 2. The molecule has 3 heterocycles. The second kappa shape index (κ2) is 9.67. The molecule has 3 aliphatic heterocycles. The van der Waals surface area contributed by atoms with Crippen LogP contribution in [0.3, 0.4) is 0 Å². The average Bonchev–Trinajstić information content (AvgIpc) is 2.96. The number of rotatable bonds is 4. The van der Waals surface area contributed by atoms with Crippen LogP contribution in [0.4, 0.5) is 10.1 Å². The zero-order valence-electron chi connectivity index (χ0n) is 21.5. The van der Waals surface area contributed by atoms with Crippen LogP contribution < -0.4 is 14.4 Å². The summed E-state index contributed by atoms with van der Waals surface area (Å²) >= 11 is 0. The van der Waals surface area contributed by atoms with E-state index < -0.39 is 12.0 Å². The Kier molecular flexibility index (Phi) is 6.18. The van der Waals surface area contributed by atoms with Gasteiger partial charge in [0.15, 0.2) is 11.5 Å². The highest BCUT2D eigenvalue weighted by atomic mass is 19.1. The van der Waals surface area contributed by atoms with Crippen LogP contribution in [0.15, 0.2) is 60.7 Å². The van der Waals surface area contributed by atoms with Crippen molar-refractivity contribution in [2.75, 3.05) is 51.8 Å². The number of hydrogen-bond acceptors (Lipinski definition) is 5. The molecule has 0 aromatic heterocycles. The first kappa shape index (κ1) is 24.3. The normalized spacial score (nSPS) is 20.4. The fraction of sp³-hybridized carbons (Fsp3) is 0.333. The topological polar surface area (TPSA) is 62.3 Å². The fourth-order valence-electron chi connectivity index (χ4n) is 6.19. The van der Waals surface area contributed by atoms with E-state index >= 15 is 0 Å². The number of methoxy groups -OCH3 is 2. The van der Waals surface area contributed by atoms with E-state index in [1.165, 1.54) is 13.2 Å². The Morgan fingerprint density at radius 1 is 0.868 bits per heavy atom. The molecule has 3 aromatic carbocycles. The summed E-state index contributed by atoms with van der Waals surface area (Å²) in [7, 11) is 3.09. The molecule has 3 aromatic rings. The molecule has 0 unspecified atom stereocenters. The minimum Gasteiger partial charge on any atom is -0.493 e. The second-order valence-electron chi connectivity index (χ2n) is 9.93. The average molecular weight is 516 g/mol. The van der Waals surface area contributed by atoms with Crippen molar-refractivity contribution in [2.24, 2.45) is 0 Å². The van der Waals surface area contributed by atoms with Crippen molar-refractivity contribution in [3.05, 3.63) is 88.7 Å². The molecule has 1 fully saturated rings. The van der Waals surface area contributed by atoms with E-state index in [4.69, 9.17) is 9.47 Å². The van der Waals surface area contributed by atoms with E-state index in [-0.39, 0.29) is 17.6 Å². The molecule has 8 heteroatoms. The third kappa shape index (κ3) is 3.86. The number of halogens is 1. The first-order chi connectivity index (χ1) is 18.5. The van der Waals surface area contributed by atoms with Crippen molar-refractivity contribution in [3.8, 4) is 11.5 Å². The van der Waals surface area contributed by atoms with Crippen LogP contribution in [0.1, 0.15) is 39.0 Å². The molecular weight excluding hydrogens is 485 g/mol. The lowest BCUT2D eigenvalue weighted by Crippen LogP contribution is -2.54. The molecule has 0 aliphatic carbocycles. The van der Waals surface area contributed by atoms with Crippen molar-refractivity contribution in [2.45, 2.75) is 18.4 Å². The predicted octanol–water partition coefficient (Wildman–Crippen LogP) is 4.03. The molecule has 2 atom stereocenters. The van der Waals surface area contributed by atoms with Crippen molar-refractivity contribution >= 4 is 17.5 Å². The maximum Gasteiger partial charge on any atom is 0.254 e. The Hall–Kier alpha value is -4.07. The molecular formula is C30H30FN3O4. The maximum atomic E-state index is 14.4. The number of nitrogens with zero attached hydrogens (tertiary/aromatic N) is 3. The second-order valence-corrected chi connectivity index (χ2v) is 9.93. The zero-order chi connectivity index (χ0) is 26.4. The van der Waals surface area contributed by atoms with Crippen LogP contribution in [0.2, 0.25) is 0 Å². The Morgan fingerprint density at radius 3 is 2.29 bits per heavy atom. The molecule has 2 amide bonds. The zero-order valence-corrected chi connectivity index (χ0v) is 21.5. The smallest absolute Gasteiger partial charge is 0.254 e. The SMILES string of the molecule is COc1cc2c(cc1OC)[C@H](C(=O)N1CCN(c3ccccc3F)CC1)[C@H]1c3ccccc3CCN1C2=O. The summed E-state index contributed by atoms with van der Waals surface area (Å²) in [5.41, 5.74) is 3.86. The molecule has 0 bridgehead atoms. The summed E-state index contributed by atoms with van der Waals surface area (Å²) in [6.45, 7) is 2.53. The van der Waals surface area contributed by atoms with E-state index in [1.807, 2.05) is 39.0 Å². The summed E-state index contributed by atoms with van der Waals surface area (Å²) in [5.74, 6) is -0.0508. The Bertz CT molecular complexity index is 1400. The van der Waals surface area contributed by atoms with Gasteiger partial charge in [-0.25, -0.2) is 4.39 Å². The quantitative estimate of drug-likeness (QED) is 0.525. The van der Waals surface area contributed by atoms with Gasteiger partial charge in [0.2, 0.25) is 5.91 Å². The standard InChI is InChI=1S/C30H30FN3O4/c1-37-25-17-21-22(18-26(25)38-2)29(35)34-12-11-19-7-3-4-8-20(19)28(34)27(21)30(36)33-15-13-32(14-16-33)24-10-6-5-9-23(24)31/h3-10,17-18,27-28H,11-16H2,1-2H3/t27-,28+/m0/s1. The van der Waals surface area contributed by atoms with Crippen LogP contribution >= 0.6 is 0 Å². The van der Waals surface area contributed by atoms with Crippen molar-refractivity contribution < 1.29 is 23.5 Å². The summed E-state index contributed by atoms with van der Waals surface area (Å²) in [5, 5.41) is 0. The van der Waals surface area contributed by atoms with Crippen LogP contribution in [0, 0.1) is 5.82 Å². The number of carbonyl (C=O) groups excluding carboxylic acids is 2. The van der Waals surface area contributed by atoms with Gasteiger partial charge in [-0.05, 0) is 47.4 Å². The van der Waals surface area contributed by atoms with Gasteiger partial charge in [0, 0.05) is 38.3 Å². The van der Waals surface area contributed by atoms with Gasteiger partial charge in [0.1, 0.15) is 5.82 Å². The molecule has 0 N–H and O–H groups in total. The number of anilines is 1. The number of benzene rings is 3. The van der Waals surface area contributed by atoms with Gasteiger partial charge in [0.25, 0.3) is 5.91 Å². The van der Waals surface area contributed by atoms with E-state index in [1.54, 1.807) is 31.4 Å². The number of fused-ring (bicyclic) bond motifs is 4. The fourth-order valence-corrected chi connectivity index (χ4v) is 6.19. The lowest BCUT2D eigenvalue weighted by Gasteiger charge is -2.47. The highest BCUT2D eigenvalue weighted by Crippen LogP contribution is 2.49. The first-order valence-electron chi connectivity index (χ1n) is 12.9. The van der Waals surface area contributed by atoms with E-state index in [0.29, 0.717) is 61.0 Å². The van der Waals surface area contributed by atoms with Crippen LogP contribution in [-0.2, 0) is 11.2 Å². The molecule has 3 aliphatic rings. The van der Waals surface area contributed by atoms with E-state index in [2.05, 4.69) is 6.07 Å². The number of para-hydroxylation sites is 1. The van der Waals surface area contributed by atoms with Gasteiger partial charge >= 0.3 is 0 Å². The minimum absolute atomic E-state index is 0.0362. The number of ether oxygens (including phenoxy) is 2. The molecule has 38 heavy (non-hydrogen) atoms. The number of hydrogen-bond donors (Lipinski definition) is 0. The molecule has 0 saturated carbocycles. The third-order valence-corrected chi connectivity index (χ3v) is 8.08. The van der Waals surface area contributed by atoms with Gasteiger partial charge in [-0.2, -0.15) is 0 Å². The molecule has 0 spiro atoms. The number of piperazine rings is 1. The lowest BCUT2D eigenvalue weighted by atomic mass is 9.75. The summed E-state index contributed by atoms with van der Waals surface area (Å²) in [6, 6.07) is 17.9. The van der Waals surface area contributed by atoms with E-state index in [0.717, 1.165) is 17.5 Å². The molecule has 6 rings (SSSR count). The van der Waals surface area contributed by atoms with Gasteiger partial charge in [-0.3, -0.25) is 9.59 Å². The molecule has 0 radical (unpaired) electrons. The summed E-state index contributed by atoms with van der Waals surface area (Å²) in [6.07, 6.45) is 0.739. The largest absolute Gasteiger partial charge is 0.493 e. The van der Waals surface area contributed by atoms with Crippen molar-refractivity contribution in [1.82, 2.24) is 9.80 Å². The van der Waals surface area contributed by atoms with Crippen molar-refractivity contribution in [3.63, 3.8) is 0 Å².